The monoisotopic (exact) mass is 483 g/mol. The number of ether oxygens (including phenoxy) is 2. The lowest BCUT2D eigenvalue weighted by atomic mass is 9.91. The molecule has 2 saturated heterocycles. The lowest BCUT2D eigenvalue weighted by molar-refractivity contribution is -0.137. The predicted molar refractivity (Wildman–Crippen MR) is 114 cm³/mol. The van der Waals surface area contributed by atoms with Gasteiger partial charge in [0.15, 0.2) is 0 Å². The van der Waals surface area contributed by atoms with Gasteiger partial charge in [0.1, 0.15) is 5.60 Å². The topological polar surface area (TPSA) is 72.0 Å². The number of hydrogen-bond donors (Lipinski definition) is 0. The predicted octanol–water partition coefficient (Wildman–Crippen LogP) is 4.33. The summed E-state index contributed by atoms with van der Waals surface area (Å²) in [7, 11) is 0. The van der Waals surface area contributed by atoms with Gasteiger partial charge in [-0.1, -0.05) is 12.1 Å². The molecule has 0 saturated carbocycles. The number of carbonyl (C=O) groups excluding carboxylic acids is 2. The number of hydrogen-bond acceptors (Lipinski definition) is 7. The van der Waals surface area contributed by atoms with Crippen LogP contribution in [-0.2, 0) is 28.7 Å². The highest BCUT2D eigenvalue weighted by Crippen LogP contribution is 2.35. The molecule has 33 heavy (non-hydrogen) atoms. The Morgan fingerprint density at radius 2 is 1.91 bits per heavy atom. The van der Waals surface area contributed by atoms with Gasteiger partial charge in [0.2, 0.25) is 5.01 Å². The maximum absolute atomic E-state index is 12.7. The van der Waals surface area contributed by atoms with E-state index in [2.05, 4.69) is 9.88 Å². The minimum atomic E-state index is -4.34. The van der Waals surface area contributed by atoms with Crippen LogP contribution >= 0.6 is 11.3 Å². The Morgan fingerprint density at radius 3 is 2.55 bits per heavy atom. The van der Waals surface area contributed by atoms with E-state index < -0.39 is 29.4 Å². The molecule has 4 rings (SSSR count). The summed E-state index contributed by atoms with van der Waals surface area (Å²) in [6.07, 6.45) is -1.87. The van der Waals surface area contributed by atoms with Gasteiger partial charge in [0, 0.05) is 43.5 Å². The van der Waals surface area contributed by atoms with Gasteiger partial charge < -0.3 is 9.47 Å². The standard InChI is InChI=1S/C22H24F3N3O4S/c1-2-31-19(29)18-26-11-17(33-18)13-28-14-21(32-20(28)30)7-9-27(10-8-21)12-15-3-5-16(6-4-15)22(23,24)25/h3-6,11H,2,7-10,12-14H2,1H3. The van der Waals surface area contributed by atoms with Crippen LogP contribution in [0.4, 0.5) is 18.0 Å². The molecule has 0 aliphatic carbocycles. The zero-order chi connectivity index (χ0) is 23.6. The molecule has 2 aliphatic rings. The van der Waals surface area contributed by atoms with Crippen LogP contribution in [0.3, 0.4) is 0 Å². The van der Waals surface area contributed by atoms with Crippen molar-refractivity contribution >= 4 is 23.4 Å². The van der Waals surface area contributed by atoms with E-state index in [4.69, 9.17) is 9.47 Å². The number of rotatable bonds is 6. The molecule has 178 valence electrons. The normalized spacial score (nSPS) is 18.5. The molecule has 1 aromatic heterocycles. The van der Waals surface area contributed by atoms with Gasteiger partial charge in [-0.15, -0.1) is 11.3 Å². The average Bonchev–Trinajstić information content (AvgIpc) is 3.35. The molecule has 0 unspecified atom stereocenters. The van der Waals surface area contributed by atoms with Crippen molar-refractivity contribution in [1.29, 1.82) is 0 Å². The number of nitrogens with zero attached hydrogens (tertiary/aromatic N) is 3. The maximum Gasteiger partial charge on any atom is 0.416 e. The summed E-state index contributed by atoms with van der Waals surface area (Å²) in [5.41, 5.74) is -0.411. The van der Waals surface area contributed by atoms with Crippen molar-refractivity contribution in [3.05, 3.63) is 51.5 Å². The summed E-state index contributed by atoms with van der Waals surface area (Å²) >= 11 is 1.20. The molecule has 3 heterocycles. The molecule has 7 nitrogen and oxygen atoms in total. The van der Waals surface area contributed by atoms with E-state index in [-0.39, 0.29) is 11.6 Å². The van der Waals surface area contributed by atoms with E-state index in [1.54, 1.807) is 18.0 Å². The first-order valence-corrected chi connectivity index (χ1v) is 11.5. The molecule has 1 aromatic carbocycles. The van der Waals surface area contributed by atoms with Crippen molar-refractivity contribution in [2.45, 2.75) is 44.6 Å². The van der Waals surface area contributed by atoms with Gasteiger partial charge in [-0.2, -0.15) is 13.2 Å². The summed E-state index contributed by atoms with van der Waals surface area (Å²) in [4.78, 5) is 32.9. The summed E-state index contributed by atoms with van der Waals surface area (Å²) in [6.45, 7) is 4.65. The number of amides is 1. The average molecular weight is 484 g/mol. The molecular weight excluding hydrogens is 459 g/mol. The third kappa shape index (κ3) is 5.47. The highest BCUT2D eigenvalue weighted by atomic mass is 32.1. The second-order valence-corrected chi connectivity index (χ2v) is 9.35. The van der Waals surface area contributed by atoms with Gasteiger partial charge in [-0.05, 0) is 24.6 Å². The van der Waals surface area contributed by atoms with Gasteiger partial charge in [0.25, 0.3) is 0 Å². The third-order valence-corrected chi connectivity index (χ3v) is 6.81. The number of alkyl halides is 3. The van der Waals surface area contributed by atoms with Crippen molar-refractivity contribution in [3.8, 4) is 0 Å². The number of aromatic nitrogens is 1. The number of piperidine rings is 1. The van der Waals surface area contributed by atoms with Crippen molar-refractivity contribution < 1.29 is 32.2 Å². The van der Waals surface area contributed by atoms with Crippen molar-refractivity contribution in [3.63, 3.8) is 0 Å². The Labute approximate surface area is 193 Å². The fourth-order valence-electron chi connectivity index (χ4n) is 4.11. The summed E-state index contributed by atoms with van der Waals surface area (Å²) in [5.74, 6) is -0.477. The Kier molecular flexibility index (Phi) is 6.62. The highest BCUT2D eigenvalue weighted by molar-refractivity contribution is 7.13. The van der Waals surface area contributed by atoms with Crippen LogP contribution in [0.2, 0.25) is 0 Å². The number of carbonyl (C=O) groups is 2. The van der Waals surface area contributed by atoms with Gasteiger partial charge in [0.05, 0.1) is 25.3 Å². The maximum atomic E-state index is 12.7. The molecule has 2 fully saturated rings. The lowest BCUT2D eigenvalue weighted by Crippen LogP contribution is -2.46. The second kappa shape index (κ2) is 9.30. The Bertz CT molecular complexity index is 1000. The molecule has 0 radical (unpaired) electrons. The van der Waals surface area contributed by atoms with E-state index in [1.807, 2.05) is 0 Å². The van der Waals surface area contributed by atoms with Gasteiger partial charge in [-0.25, -0.2) is 14.6 Å². The van der Waals surface area contributed by atoms with E-state index in [0.717, 1.165) is 22.6 Å². The number of halogens is 3. The Morgan fingerprint density at radius 1 is 1.21 bits per heavy atom. The molecule has 11 heteroatoms. The second-order valence-electron chi connectivity index (χ2n) is 8.23. The summed E-state index contributed by atoms with van der Waals surface area (Å²) < 4.78 is 48.9. The molecule has 1 amide bonds. The largest absolute Gasteiger partial charge is 0.461 e. The fraction of sp³-hybridized carbons (Fsp3) is 0.500. The molecule has 0 N–H and O–H groups in total. The number of likely N-dealkylation sites (tertiary alicyclic amines) is 1. The quantitative estimate of drug-likeness (QED) is 0.570. The summed E-state index contributed by atoms with van der Waals surface area (Å²) in [6, 6.07) is 5.21. The highest BCUT2D eigenvalue weighted by Gasteiger charge is 2.47. The van der Waals surface area contributed by atoms with E-state index in [0.29, 0.717) is 45.6 Å². The smallest absolute Gasteiger partial charge is 0.416 e. The first-order chi connectivity index (χ1) is 15.7. The zero-order valence-electron chi connectivity index (χ0n) is 18.1. The van der Waals surface area contributed by atoms with Crippen LogP contribution in [0.5, 0.6) is 0 Å². The molecule has 0 bridgehead atoms. The summed E-state index contributed by atoms with van der Waals surface area (Å²) in [5, 5.41) is 0.255. The van der Waals surface area contributed by atoms with Crippen LogP contribution in [-0.4, -0.2) is 58.7 Å². The van der Waals surface area contributed by atoms with Crippen LogP contribution < -0.4 is 0 Å². The van der Waals surface area contributed by atoms with Crippen molar-refractivity contribution in [2.75, 3.05) is 26.2 Å². The van der Waals surface area contributed by atoms with Gasteiger partial charge >= 0.3 is 18.2 Å². The molecule has 2 aromatic rings. The van der Waals surface area contributed by atoms with Crippen molar-refractivity contribution in [1.82, 2.24) is 14.8 Å². The minimum Gasteiger partial charge on any atom is -0.461 e. The number of benzene rings is 1. The molecule has 2 aliphatic heterocycles. The Hall–Kier alpha value is -2.66. The lowest BCUT2D eigenvalue weighted by Gasteiger charge is -2.37. The third-order valence-electron chi connectivity index (χ3n) is 5.85. The van der Waals surface area contributed by atoms with E-state index in [9.17, 15) is 22.8 Å². The van der Waals surface area contributed by atoms with Crippen LogP contribution in [0.25, 0.3) is 0 Å². The molecule has 0 atom stereocenters. The molecule has 1 spiro atoms. The first kappa shape index (κ1) is 23.5. The van der Waals surface area contributed by atoms with E-state index in [1.165, 1.54) is 23.5 Å². The van der Waals surface area contributed by atoms with Gasteiger partial charge in [-0.3, -0.25) is 9.80 Å². The number of thiazole rings is 1. The molecular formula is C22H24F3N3O4S. The minimum absolute atomic E-state index is 0.255. The number of esters is 1. The Balaban J connectivity index is 1.30. The van der Waals surface area contributed by atoms with Crippen LogP contribution in [0, 0.1) is 0 Å². The SMILES string of the molecule is CCOC(=O)c1ncc(CN2CC3(CCN(Cc4ccc(C(F)(F)F)cc4)CC3)OC2=O)s1. The van der Waals surface area contributed by atoms with E-state index >= 15 is 0 Å². The van der Waals surface area contributed by atoms with Crippen molar-refractivity contribution in [2.24, 2.45) is 0 Å². The van der Waals surface area contributed by atoms with Crippen LogP contribution in [0.15, 0.2) is 30.5 Å². The fourth-order valence-corrected chi connectivity index (χ4v) is 4.93. The van der Waals surface area contributed by atoms with Crippen LogP contribution in [0.1, 0.15) is 45.6 Å². The zero-order valence-corrected chi connectivity index (χ0v) is 18.9. The first-order valence-electron chi connectivity index (χ1n) is 10.7.